The predicted molar refractivity (Wildman–Crippen MR) is 29.5 cm³/mol. The van der Waals surface area contributed by atoms with E-state index in [0.29, 0.717) is 0 Å². The highest BCUT2D eigenvalue weighted by atomic mass is 16.5. The maximum absolute atomic E-state index is 10.5. The Morgan fingerprint density at radius 3 is 3.00 bits per heavy atom. The molecule has 0 aliphatic heterocycles. The van der Waals surface area contributed by atoms with E-state index in [1.165, 1.54) is 7.11 Å². The molecule has 0 unspecified atom stereocenters. The van der Waals surface area contributed by atoms with E-state index in [9.17, 15) is 4.79 Å². The lowest BCUT2D eigenvalue weighted by atomic mass is 10.7. The Kier molecular flexibility index (Phi) is 1.57. The molecule has 0 radical (unpaired) electrons. The maximum Gasteiger partial charge on any atom is 0.394 e. The minimum absolute atomic E-state index is 0.250. The summed E-state index contributed by atoms with van der Waals surface area (Å²) in [4.78, 5) is 13.8. The van der Waals surface area contributed by atoms with Gasteiger partial charge in [-0.05, 0) is 0 Å². The molecular formula is C5H5NO4. The number of nitrogens with zero attached hydrogens (tertiary/aromatic N) is 1. The minimum Gasteiger partial charge on any atom is -0.491 e. The molecule has 0 aromatic carbocycles. The Labute approximate surface area is 56.2 Å². The average molecular weight is 143 g/mol. The smallest absolute Gasteiger partial charge is 0.394 e. The van der Waals surface area contributed by atoms with Crippen LogP contribution in [0.25, 0.3) is 0 Å². The van der Waals surface area contributed by atoms with Crippen molar-refractivity contribution in [2.24, 2.45) is 0 Å². The standard InChI is InChI=1S/C5H5NO4/c1-9-5(8)4-6-3(7)2-10-4/h2,7H,1H3. The van der Waals surface area contributed by atoms with Crippen LogP contribution in [0.4, 0.5) is 0 Å². The summed E-state index contributed by atoms with van der Waals surface area (Å²) in [6.45, 7) is 0. The molecule has 5 heteroatoms. The second kappa shape index (κ2) is 2.38. The topological polar surface area (TPSA) is 72.6 Å². The molecule has 1 aromatic rings. The van der Waals surface area contributed by atoms with Gasteiger partial charge in [0.25, 0.3) is 5.88 Å². The number of hydrogen-bond donors (Lipinski definition) is 1. The fourth-order valence-corrected chi connectivity index (χ4v) is 0.446. The molecule has 0 aliphatic rings. The summed E-state index contributed by atoms with van der Waals surface area (Å²) in [6.07, 6.45) is 0.951. The van der Waals surface area contributed by atoms with E-state index in [1.54, 1.807) is 0 Å². The zero-order valence-corrected chi connectivity index (χ0v) is 5.20. The number of rotatable bonds is 1. The highest BCUT2D eigenvalue weighted by molar-refractivity contribution is 5.84. The van der Waals surface area contributed by atoms with Crippen LogP contribution in [-0.4, -0.2) is 23.2 Å². The number of hydrogen-bond acceptors (Lipinski definition) is 5. The Balaban J connectivity index is 2.85. The number of carbonyl (C=O) groups is 1. The normalized spacial score (nSPS) is 9.30. The average Bonchev–Trinajstić information content (AvgIpc) is 2.34. The first-order chi connectivity index (χ1) is 4.74. The van der Waals surface area contributed by atoms with Crippen LogP contribution in [0.15, 0.2) is 10.7 Å². The number of aromatic nitrogens is 1. The van der Waals surface area contributed by atoms with Gasteiger partial charge in [0.05, 0.1) is 7.11 Å². The van der Waals surface area contributed by atoms with E-state index >= 15 is 0 Å². The molecule has 0 saturated carbocycles. The lowest BCUT2D eigenvalue weighted by Gasteiger charge is -1.88. The monoisotopic (exact) mass is 143 g/mol. The van der Waals surface area contributed by atoms with Crippen molar-refractivity contribution in [3.8, 4) is 5.88 Å². The van der Waals surface area contributed by atoms with Crippen molar-refractivity contribution in [3.05, 3.63) is 12.2 Å². The summed E-state index contributed by atoms with van der Waals surface area (Å²) in [5.41, 5.74) is 0. The molecular weight excluding hydrogens is 138 g/mol. The fraction of sp³-hybridized carbons (Fsp3) is 0.200. The number of esters is 1. The van der Waals surface area contributed by atoms with Crippen molar-refractivity contribution in [1.82, 2.24) is 4.98 Å². The lowest BCUT2D eigenvalue weighted by Crippen LogP contribution is -2.00. The second-order valence-corrected chi connectivity index (χ2v) is 1.50. The van der Waals surface area contributed by atoms with Gasteiger partial charge < -0.3 is 14.3 Å². The van der Waals surface area contributed by atoms with E-state index in [2.05, 4.69) is 14.1 Å². The molecule has 0 fully saturated rings. The van der Waals surface area contributed by atoms with Crippen LogP contribution in [0, 0.1) is 0 Å². The van der Waals surface area contributed by atoms with Crippen molar-refractivity contribution in [2.45, 2.75) is 0 Å². The highest BCUT2D eigenvalue weighted by Gasteiger charge is 2.11. The Bertz CT molecular complexity index is 242. The summed E-state index contributed by atoms with van der Waals surface area (Å²) in [5, 5.41) is 8.58. The Morgan fingerprint density at radius 2 is 2.60 bits per heavy atom. The van der Waals surface area contributed by atoms with E-state index in [0.717, 1.165) is 6.26 Å². The molecule has 0 amide bonds. The Hall–Kier alpha value is -1.52. The summed E-state index contributed by atoms with van der Waals surface area (Å²) < 4.78 is 8.72. The fourth-order valence-electron chi connectivity index (χ4n) is 0.446. The molecule has 0 spiro atoms. The van der Waals surface area contributed by atoms with Crippen molar-refractivity contribution >= 4 is 5.97 Å². The number of methoxy groups -OCH3 is 1. The number of carbonyl (C=O) groups excluding carboxylic acids is 1. The molecule has 1 aromatic heterocycles. The first-order valence-corrected chi connectivity index (χ1v) is 2.47. The van der Waals surface area contributed by atoms with Crippen LogP contribution in [0.1, 0.15) is 10.7 Å². The van der Waals surface area contributed by atoms with Crippen molar-refractivity contribution in [3.63, 3.8) is 0 Å². The summed E-state index contributed by atoms with van der Waals surface area (Å²) >= 11 is 0. The molecule has 1 N–H and O–H groups in total. The minimum atomic E-state index is -0.708. The summed E-state index contributed by atoms with van der Waals surface area (Å²) in [5.74, 6) is -1.29. The SMILES string of the molecule is COC(=O)c1nc(O)co1. The van der Waals surface area contributed by atoms with Crippen LogP contribution in [0.3, 0.4) is 0 Å². The van der Waals surface area contributed by atoms with Gasteiger partial charge in [0, 0.05) is 0 Å². The number of ether oxygens (including phenoxy) is 1. The van der Waals surface area contributed by atoms with Gasteiger partial charge in [-0.15, -0.1) is 0 Å². The third kappa shape index (κ3) is 1.07. The van der Waals surface area contributed by atoms with Gasteiger partial charge in [-0.2, -0.15) is 4.98 Å². The molecule has 0 bridgehead atoms. The van der Waals surface area contributed by atoms with Crippen LogP contribution < -0.4 is 0 Å². The van der Waals surface area contributed by atoms with Gasteiger partial charge in [0.15, 0.2) is 6.26 Å². The molecule has 1 rings (SSSR count). The zero-order chi connectivity index (χ0) is 7.56. The highest BCUT2D eigenvalue weighted by Crippen LogP contribution is 2.07. The largest absolute Gasteiger partial charge is 0.491 e. The van der Waals surface area contributed by atoms with Gasteiger partial charge in [-0.25, -0.2) is 4.79 Å². The first-order valence-electron chi connectivity index (χ1n) is 2.47. The second-order valence-electron chi connectivity index (χ2n) is 1.50. The van der Waals surface area contributed by atoms with Crippen molar-refractivity contribution in [1.29, 1.82) is 0 Å². The molecule has 0 saturated heterocycles. The van der Waals surface area contributed by atoms with Crippen molar-refractivity contribution < 1.29 is 19.1 Å². The van der Waals surface area contributed by atoms with Crippen LogP contribution in [-0.2, 0) is 4.74 Å². The molecule has 5 nitrogen and oxygen atoms in total. The van der Waals surface area contributed by atoms with E-state index < -0.39 is 5.97 Å². The van der Waals surface area contributed by atoms with E-state index in [4.69, 9.17) is 5.11 Å². The molecule has 1 heterocycles. The van der Waals surface area contributed by atoms with Gasteiger partial charge in [0.1, 0.15) is 0 Å². The lowest BCUT2D eigenvalue weighted by molar-refractivity contribution is 0.0556. The number of oxazole rings is 1. The maximum atomic E-state index is 10.5. The van der Waals surface area contributed by atoms with Gasteiger partial charge in [-0.1, -0.05) is 0 Å². The first kappa shape index (κ1) is 6.60. The van der Waals surface area contributed by atoms with Gasteiger partial charge >= 0.3 is 11.9 Å². The van der Waals surface area contributed by atoms with E-state index in [1.807, 2.05) is 0 Å². The third-order valence-corrected chi connectivity index (χ3v) is 0.852. The van der Waals surface area contributed by atoms with Crippen molar-refractivity contribution in [2.75, 3.05) is 7.11 Å². The molecule has 0 atom stereocenters. The number of aromatic hydroxyl groups is 1. The molecule has 0 aliphatic carbocycles. The molecule has 54 valence electrons. The quantitative estimate of drug-likeness (QED) is 0.567. The van der Waals surface area contributed by atoms with Crippen LogP contribution >= 0.6 is 0 Å². The Morgan fingerprint density at radius 1 is 1.90 bits per heavy atom. The van der Waals surface area contributed by atoms with Crippen LogP contribution in [0.5, 0.6) is 5.88 Å². The third-order valence-electron chi connectivity index (χ3n) is 0.852. The predicted octanol–water partition coefficient (Wildman–Crippen LogP) is 0.167. The van der Waals surface area contributed by atoms with Crippen LogP contribution in [0.2, 0.25) is 0 Å². The summed E-state index contributed by atoms with van der Waals surface area (Å²) in [7, 11) is 1.20. The van der Waals surface area contributed by atoms with E-state index in [-0.39, 0.29) is 11.8 Å². The molecule has 10 heavy (non-hydrogen) atoms. The summed E-state index contributed by atoms with van der Waals surface area (Å²) in [6, 6.07) is 0. The van der Waals surface area contributed by atoms with Gasteiger partial charge in [0.2, 0.25) is 0 Å². The van der Waals surface area contributed by atoms with Gasteiger partial charge in [-0.3, -0.25) is 0 Å². The zero-order valence-electron chi connectivity index (χ0n) is 5.20.